The number of ether oxygens (including phenoxy) is 1. The average molecular weight is 258 g/mol. The first kappa shape index (κ1) is 11.5. The maximum Gasteiger partial charge on any atom is 0.122 e. The molecule has 0 bridgehead atoms. The minimum absolute atomic E-state index is 0.0243. The van der Waals surface area contributed by atoms with Crippen molar-refractivity contribution in [1.29, 1.82) is 0 Å². The molecule has 1 unspecified atom stereocenters. The molecule has 0 amide bonds. The first-order valence-corrected chi connectivity index (χ1v) is 5.34. The molecule has 0 saturated heterocycles. The van der Waals surface area contributed by atoms with Crippen LogP contribution in [0.4, 0.5) is 0 Å². The molecule has 1 aromatic carbocycles. The quantitative estimate of drug-likeness (QED) is 0.899. The summed E-state index contributed by atoms with van der Waals surface area (Å²) in [4.78, 5) is 0. The van der Waals surface area contributed by atoms with Gasteiger partial charge in [-0.05, 0) is 32.0 Å². The van der Waals surface area contributed by atoms with Gasteiger partial charge < -0.3 is 9.84 Å². The van der Waals surface area contributed by atoms with Gasteiger partial charge in [0.15, 0.2) is 0 Å². The van der Waals surface area contributed by atoms with Gasteiger partial charge in [-0.3, -0.25) is 0 Å². The largest absolute Gasteiger partial charge is 0.494 e. The fraction of sp³-hybridized carbons (Fsp3) is 0.364. The monoisotopic (exact) mass is 257 g/mol. The standard InChI is InChI=1S/C11H14BrO2/c1-3-14-11-5-4-9(12)6-10(11)8(2)7-13/h4-6,8,13H,2-3,7H2,1H3. The summed E-state index contributed by atoms with van der Waals surface area (Å²) in [5.74, 6) is 0.652. The van der Waals surface area contributed by atoms with E-state index in [1.807, 2.05) is 25.1 Å². The molecule has 0 fully saturated rings. The normalized spacial score (nSPS) is 12.6. The van der Waals surface area contributed by atoms with Crippen LogP contribution in [0.5, 0.6) is 5.75 Å². The summed E-state index contributed by atoms with van der Waals surface area (Å²) in [6, 6.07) is 5.73. The van der Waals surface area contributed by atoms with E-state index < -0.39 is 0 Å². The van der Waals surface area contributed by atoms with E-state index in [4.69, 9.17) is 9.84 Å². The second-order valence-electron chi connectivity index (χ2n) is 2.99. The minimum Gasteiger partial charge on any atom is -0.494 e. The molecule has 0 heterocycles. The molecule has 14 heavy (non-hydrogen) atoms. The summed E-state index contributed by atoms with van der Waals surface area (Å²) in [6.45, 7) is 6.44. The Bertz CT molecular complexity index is 299. The summed E-state index contributed by atoms with van der Waals surface area (Å²) in [5.41, 5.74) is 0.934. The first-order valence-electron chi connectivity index (χ1n) is 4.55. The highest BCUT2D eigenvalue weighted by molar-refractivity contribution is 9.10. The number of hydrogen-bond donors (Lipinski definition) is 1. The second kappa shape index (κ2) is 5.37. The Morgan fingerprint density at radius 1 is 1.57 bits per heavy atom. The minimum atomic E-state index is -0.144. The molecular weight excluding hydrogens is 244 g/mol. The average Bonchev–Trinajstić information content (AvgIpc) is 2.20. The molecule has 1 atom stereocenters. The molecule has 0 saturated carbocycles. The van der Waals surface area contributed by atoms with Gasteiger partial charge in [-0.25, -0.2) is 0 Å². The van der Waals surface area contributed by atoms with Crippen molar-refractivity contribution in [2.24, 2.45) is 0 Å². The third-order valence-corrected chi connectivity index (χ3v) is 2.43. The van der Waals surface area contributed by atoms with Crippen LogP contribution >= 0.6 is 15.9 Å². The summed E-state index contributed by atoms with van der Waals surface area (Å²) in [5, 5.41) is 9.04. The van der Waals surface area contributed by atoms with E-state index in [1.165, 1.54) is 0 Å². The molecule has 0 aromatic heterocycles. The van der Waals surface area contributed by atoms with Gasteiger partial charge in [-0.1, -0.05) is 15.9 Å². The zero-order valence-corrected chi connectivity index (χ0v) is 9.75. The van der Waals surface area contributed by atoms with Crippen molar-refractivity contribution in [2.45, 2.75) is 12.8 Å². The molecule has 0 aliphatic carbocycles. The third kappa shape index (κ3) is 2.72. The maximum absolute atomic E-state index is 9.04. The number of hydrogen-bond acceptors (Lipinski definition) is 2. The highest BCUT2D eigenvalue weighted by atomic mass is 79.9. The van der Waals surface area contributed by atoms with Crippen molar-refractivity contribution in [2.75, 3.05) is 13.2 Å². The van der Waals surface area contributed by atoms with E-state index >= 15 is 0 Å². The lowest BCUT2D eigenvalue weighted by Gasteiger charge is -2.14. The SMILES string of the molecule is [CH2]C(CO)c1cc(Br)ccc1OCC. The summed E-state index contributed by atoms with van der Waals surface area (Å²) in [6.07, 6.45) is 0. The Balaban J connectivity index is 3.02. The highest BCUT2D eigenvalue weighted by Gasteiger charge is 2.11. The molecule has 1 N–H and O–H groups in total. The Morgan fingerprint density at radius 3 is 2.86 bits per heavy atom. The van der Waals surface area contributed by atoms with Crippen molar-refractivity contribution in [3.63, 3.8) is 0 Å². The van der Waals surface area contributed by atoms with Crippen molar-refractivity contribution >= 4 is 15.9 Å². The van der Waals surface area contributed by atoms with E-state index in [-0.39, 0.29) is 12.5 Å². The van der Waals surface area contributed by atoms with E-state index in [9.17, 15) is 0 Å². The number of aliphatic hydroxyl groups excluding tert-OH is 1. The predicted octanol–water partition coefficient (Wildman–Crippen LogP) is 2.76. The molecule has 77 valence electrons. The van der Waals surface area contributed by atoms with Crippen LogP contribution < -0.4 is 4.74 Å². The lowest BCUT2D eigenvalue weighted by molar-refractivity contribution is 0.276. The predicted molar refractivity (Wildman–Crippen MR) is 60.5 cm³/mol. The summed E-state index contributed by atoms with van der Waals surface area (Å²) >= 11 is 3.38. The van der Waals surface area contributed by atoms with Crippen LogP contribution in [0.3, 0.4) is 0 Å². The smallest absolute Gasteiger partial charge is 0.122 e. The molecule has 0 aliphatic rings. The lowest BCUT2D eigenvalue weighted by atomic mass is 10.0. The summed E-state index contributed by atoms with van der Waals surface area (Å²) < 4.78 is 6.41. The maximum atomic E-state index is 9.04. The fourth-order valence-corrected chi connectivity index (χ4v) is 1.60. The third-order valence-electron chi connectivity index (χ3n) is 1.93. The van der Waals surface area contributed by atoms with E-state index in [1.54, 1.807) is 0 Å². The Hall–Kier alpha value is -0.540. The van der Waals surface area contributed by atoms with Crippen LogP contribution in [0.25, 0.3) is 0 Å². The number of halogens is 1. The van der Waals surface area contributed by atoms with Crippen LogP contribution in [-0.4, -0.2) is 18.3 Å². The van der Waals surface area contributed by atoms with Gasteiger partial charge in [0.1, 0.15) is 5.75 Å². The summed E-state index contributed by atoms with van der Waals surface area (Å²) in [7, 11) is 0. The van der Waals surface area contributed by atoms with Crippen molar-refractivity contribution < 1.29 is 9.84 Å². The van der Waals surface area contributed by atoms with Crippen LogP contribution in [-0.2, 0) is 0 Å². The lowest BCUT2D eigenvalue weighted by Crippen LogP contribution is -2.03. The Kier molecular flexibility index (Phi) is 4.42. The Labute approximate surface area is 93.0 Å². The van der Waals surface area contributed by atoms with Gasteiger partial charge in [0, 0.05) is 16.0 Å². The van der Waals surface area contributed by atoms with E-state index in [0.717, 1.165) is 15.8 Å². The number of benzene rings is 1. The molecule has 2 nitrogen and oxygen atoms in total. The van der Waals surface area contributed by atoms with Crippen molar-refractivity contribution in [1.82, 2.24) is 0 Å². The molecular formula is C11H14BrO2. The van der Waals surface area contributed by atoms with E-state index in [2.05, 4.69) is 22.9 Å². The molecule has 1 rings (SSSR count). The van der Waals surface area contributed by atoms with Gasteiger partial charge in [-0.15, -0.1) is 0 Å². The number of aliphatic hydroxyl groups is 1. The van der Waals surface area contributed by atoms with Crippen LogP contribution in [0.1, 0.15) is 18.4 Å². The van der Waals surface area contributed by atoms with E-state index in [0.29, 0.717) is 6.61 Å². The van der Waals surface area contributed by atoms with Gasteiger partial charge in [0.2, 0.25) is 0 Å². The van der Waals surface area contributed by atoms with Crippen LogP contribution in [0, 0.1) is 6.92 Å². The molecule has 0 aliphatic heterocycles. The molecule has 1 radical (unpaired) electrons. The molecule has 3 heteroatoms. The van der Waals surface area contributed by atoms with Gasteiger partial charge >= 0.3 is 0 Å². The zero-order chi connectivity index (χ0) is 10.6. The second-order valence-corrected chi connectivity index (χ2v) is 3.91. The van der Waals surface area contributed by atoms with Crippen molar-refractivity contribution in [3.05, 3.63) is 35.2 Å². The van der Waals surface area contributed by atoms with Gasteiger partial charge in [0.05, 0.1) is 13.2 Å². The van der Waals surface area contributed by atoms with Crippen LogP contribution in [0.2, 0.25) is 0 Å². The van der Waals surface area contributed by atoms with Crippen molar-refractivity contribution in [3.8, 4) is 5.75 Å². The fourth-order valence-electron chi connectivity index (χ4n) is 1.22. The number of rotatable bonds is 4. The highest BCUT2D eigenvalue weighted by Crippen LogP contribution is 2.29. The van der Waals surface area contributed by atoms with Crippen LogP contribution in [0.15, 0.2) is 22.7 Å². The van der Waals surface area contributed by atoms with Gasteiger partial charge in [-0.2, -0.15) is 0 Å². The van der Waals surface area contributed by atoms with Gasteiger partial charge in [0.25, 0.3) is 0 Å². The molecule has 0 spiro atoms. The Morgan fingerprint density at radius 2 is 2.29 bits per heavy atom. The zero-order valence-electron chi connectivity index (χ0n) is 8.16. The molecule has 1 aromatic rings. The topological polar surface area (TPSA) is 29.5 Å². The first-order chi connectivity index (χ1) is 6.69.